The van der Waals surface area contributed by atoms with Crippen molar-refractivity contribution < 1.29 is 0 Å². The lowest BCUT2D eigenvalue weighted by molar-refractivity contribution is 0.557. The normalized spacial score (nSPS) is 24.1. The second kappa shape index (κ2) is 4.36. The molecule has 0 aliphatic heterocycles. The molecule has 88 valence electrons. The van der Waals surface area contributed by atoms with E-state index in [1.54, 1.807) is 0 Å². The zero-order valence-electron chi connectivity index (χ0n) is 10.2. The maximum absolute atomic E-state index is 4.49. The van der Waals surface area contributed by atoms with Gasteiger partial charge in [0.05, 0.1) is 11.2 Å². The van der Waals surface area contributed by atoms with Crippen LogP contribution in [0.2, 0.25) is 0 Å². The average molecular weight is 226 g/mol. The van der Waals surface area contributed by atoms with Gasteiger partial charge in [-0.3, -0.25) is 4.98 Å². The molecule has 1 fully saturated rings. The molecule has 0 bridgehead atoms. The summed E-state index contributed by atoms with van der Waals surface area (Å²) in [5, 5.41) is 4.88. The van der Waals surface area contributed by atoms with Gasteiger partial charge in [-0.25, -0.2) is 0 Å². The third kappa shape index (κ3) is 1.99. The summed E-state index contributed by atoms with van der Waals surface area (Å²) >= 11 is 0. The van der Waals surface area contributed by atoms with Crippen LogP contribution in [0.5, 0.6) is 0 Å². The molecule has 17 heavy (non-hydrogen) atoms. The Hall–Kier alpha value is -1.57. The van der Waals surface area contributed by atoms with Gasteiger partial charge in [-0.2, -0.15) is 0 Å². The van der Waals surface area contributed by atoms with E-state index in [-0.39, 0.29) is 0 Å². The van der Waals surface area contributed by atoms with E-state index in [1.807, 2.05) is 12.3 Å². The van der Waals surface area contributed by atoms with Crippen LogP contribution in [-0.4, -0.2) is 11.0 Å². The molecule has 1 N–H and O–H groups in total. The Morgan fingerprint density at radius 3 is 2.88 bits per heavy atom. The maximum atomic E-state index is 4.49. The number of pyridine rings is 1. The van der Waals surface area contributed by atoms with E-state index in [0.29, 0.717) is 6.04 Å². The number of anilines is 1. The van der Waals surface area contributed by atoms with Crippen LogP contribution in [0.1, 0.15) is 26.2 Å². The molecule has 0 radical (unpaired) electrons. The molecule has 1 aliphatic rings. The highest BCUT2D eigenvalue weighted by molar-refractivity contribution is 5.90. The molecule has 0 saturated heterocycles. The number of rotatable bonds is 2. The van der Waals surface area contributed by atoms with E-state index in [2.05, 4.69) is 41.5 Å². The molecule has 2 heteroatoms. The van der Waals surface area contributed by atoms with Crippen molar-refractivity contribution in [1.82, 2.24) is 4.98 Å². The topological polar surface area (TPSA) is 24.9 Å². The zero-order chi connectivity index (χ0) is 11.7. The number of para-hydroxylation sites is 1. The lowest BCUT2D eigenvalue weighted by Crippen LogP contribution is -2.21. The second-order valence-corrected chi connectivity index (χ2v) is 5.04. The van der Waals surface area contributed by atoms with Gasteiger partial charge in [0.1, 0.15) is 0 Å². The first kappa shape index (κ1) is 10.6. The Bertz CT molecular complexity index is 516. The van der Waals surface area contributed by atoms with Crippen molar-refractivity contribution in [2.75, 3.05) is 5.32 Å². The standard InChI is InChI=1S/C15H18N2/c1-11-5-2-8-13(11)17-14-9-3-6-12-7-4-10-16-15(12)14/h3-4,6-7,9-11,13,17H,2,5,8H2,1H3. The summed E-state index contributed by atoms with van der Waals surface area (Å²) in [7, 11) is 0. The lowest BCUT2D eigenvalue weighted by atomic mass is 10.1. The molecule has 2 atom stereocenters. The largest absolute Gasteiger partial charge is 0.380 e. The molecule has 1 aromatic heterocycles. The lowest BCUT2D eigenvalue weighted by Gasteiger charge is -2.19. The molecule has 2 aromatic rings. The van der Waals surface area contributed by atoms with Crippen LogP contribution in [0.4, 0.5) is 5.69 Å². The molecular formula is C15H18N2. The monoisotopic (exact) mass is 226 g/mol. The van der Waals surface area contributed by atoms with Crippen LogP contribution in [0.25, 0.3) is 10.9 Å². The number of fused-ring (bicyclic) bond motifs is 1. The van der Waals surface area contributed by atoms with Gasteiger partial charge >= 0.3 is 0 Å². The minimum atomic E-state index is 0.614. The Balaban J connectivity index is 1.94. The van der Waals surface area contributed by atoms with E-state index in [0.717, 1.165) is 11.4 Å². The molecule has 0 amide bonds. The fraction of sp³-hybridized carbons (Fsp3) is 0.400. The summed E-state index contributed by atoms with van der Waals surface area (Å²) in [6.07, 6.45) is 5.84. The van der Waals surface area contributed by atoms with Gasteiger partial charge in [-0.1, -0.05) is 31.5 Å². The number of aromatic nitrogens is 1. The SMILES string of the molecule is CC1CCCC1Nc1cccc2cccnc12. The van der Waals surface area contributed by atoms with E-state index >= 15 is 0 Å². The first-order chi connectivity index (χ1) is 8.34. The minimum absolute atomic E-state index is 0.614. The Kier molecular flexibility index (Phi) is 2.71. The molecule has 1 heterocycles. The van der Waals surface area contributed by atoms with Crippen molar-refractivity contribution >= 4 is 16.6 Å². The van der Waals surface area contributed by atoms with Crippen molar-refractivity contribution in [2.45, 2.75) is 32.2 Å². The van der Waals surface area contributed by atoms with Gasteiger partial charge in [-0.05, 0) is 30.9 Å². The minimum Gasteiger partial charge on any atom is -0.380 e. The molecule has 1 aromatic carbocycles. The smallest absolute Gasteiger partial charge is 0.0933 e. The van der Waals surface area contributed by atoms with Crippen molar-refractivity contribution in [2.24, 2.45) is 5.92 Å². The van der Waals surface area contributed by atoms with E-state index in [4.69, 9.17) is 0 Å². The van der Waals surface area contributed by atoms with Gasteiger partial charge in [0, 0.05) is 17.6 Å². The quantitative estimate of drug-likeness (QED) is 0.841. The summed E-state index contributed by atoms with van der Waals surface area (Å²) < 4.78 is 0. The fourth-order valence-corrected chi connectivity index (χ4v) is 2.78. The van der Waals surface area contributed by atoms with E-state index in [9.17, 15) is 0 Å². The fourth-order valence-electron chi connectivity index (χ4n) is 2.78. The van der Waals surface area contributed by atoms with Crippen LogP contribution in [-0.2, 0) is 0 Å². The van der Waals surface area contributed by atoms with Crippen molar-refractivity contribution in [3.05, 3.63) is 36.5 Å². The highest BCUT2D eigenvalue weighted by Gasteiger charge is 2.23. The first-order valence-corrected chi connectivity index (χ1v) is 6.45. The van der Waals surface area contributed by atoms with Crippen molar-refractivity contribution in [3.63, 3.8) is 0 Å². The number of hydrogen-bond donors (Lipinski definition) is 1. The highest BCUT2D eigenvalue weighted by atomic mass is 14.9. The number of nitrogens with one attached hydrogen (secondary N) is 1. The molecule has 2 nitrogen and oxygen atoms in total. The summed E-state index contributed by atoms with van der Waals surface area (Å²) in [4.78, 5) is 4.49. The third-order valence-corrected chi connectivity index (χ3v) is 3.84. The molecule has 0 spiro atoms. The third-order valence-electron chi connectivity index (χ3n) is 3.84. The summed E-state index contributed by atoms with van der Waals surface area (Å²) in [6, 6.07) is 11.1. The molecular weight excluding hydrogens is 208 g/mol. The summed E-state index contributed by atoms with van der Waals surface area (Å²) in [5.41, 5.74) is 2.27. The zero-order valence-corrected chi connectivity index (χ0v) is 10.2. The molecule has 1 saturated carbocycles. The predicted molar refractivity (Wildman–Crippen MR) is 72.2 cm³/mol. The number of benzene rings is 1. The molecule has 2 unspecified atom stereocenters. The van der Waals surface area contributed by atoms with Gasteiger partial charge in [0.2, 0.25) is 0 Å². The average Bonchev–Trinajstić information content (AvgIpc) is 2.76. The van der Waals surface area contributed by atoms with Gasteiger partial charge in [0.15, 0.2) is 0 Å². The van der Waals surface area contributed by atoms with Crippen LogP contribution in [0, 0.1) is 5.92 Å². The van der Waals surface area contributed by atoms with Crippen LogP contribution in [0.15, 0.2) is 36.5 Å². The first-order valence-electron chi connectivity index (χ1n) is 6.45. The van der Waals surface area contributed by atoms with Crippen molar-refractivity contribution in [1.29, 1.82) is 0 Å². The highest BCUT2D eigenvalue weighted by Crippen LogP contribution is 2.30. The molecule has 3 rings (SSSR count). The van der Waals surface area contributed by atoms with Crippen LogP contribution in [0.3, 0.4) is 0 Å². The Labute approximate surface area is 102 Å². The predicted octanol–water partition coefficient (Wildman–Crippen LogP) is 3.84. The van der Waals surface area contributed by atoms with Crippen LogP contribution < -0.4 is 5.32 Å². The van der Waals surface area contributed by atoms with E-state index in [1.165, 1.54) is 30.3 Å². The Morgan fingerprint density at radius 2 is 2.06 bits per heavy atom. The van der Waals surface area contributed by atoms with Gasteiger partial charge in [0.25, 0.3) is 0 Å². The van der Waals surface area contributed by atoms with Crippen molar-refractivity contribution in [3.8, 4) is 0 Å². The molecule has 1 aliphatic carbocycles. The second-order valence-electron chi connectivity index (χ2n) is 5.04. The Morgan fingerprint density at radius 1 is 1.18 bits per heavy atom. The van der Waals surface area contributed by atoms with Gasteiger partial charge in [-0.15, -0.1) is 0 Å². The van der Waals surface area contributed by atoms with Crippen LogP contribution >= 0.6 is 0 Å². The maximum Gasteiger partial charge on any atom is 0.0933 e. The van der Waals surface area contributed by atoms with Gasteiger partial charge < -0.3 is 5.32 Å². The number of hydrogen-bond acceptors (Lipinski definition) is 2. The summed E-state index contributed by atoms with van der Waals surface area (Å²) in [5.74, 6) is 0.772. The number of nitrogens with zero attached hydrogens (tertiary/aromatic N) is 1. The van der Waals surface area contributed by atoms with E-state index < -0.39 is 0 Å². The summed E-state index contributed by atoms with van der Waals surface area (Å²) in [6.45, 7) is 2.34.